The van der Waals surface area contributed by atoms with Crippen LogP contribution in [0.25, 0.3) is 22.4 Å². The second kappa shape index (κ2) is 10.5. The van der Waals surface area contributed by atoms with Gasteiger partial charge < -0.3 is 14.5 Å². The monoisotopic (exact) mass is 518 g/mol. The first-order chi connectivity index (χ1) is 17.4. The smallest absolute Gasteiger partial charge is 0.307 e. The van der Waals surface area contributed by atoms with E-state index in [-0.39, 0.29) is 6.42 Å². The summed E-state index contributed by atoms with van der Waals surface area (Å²) in [4.78, 5) is 17.1. The standard InChI is InChI=1S/C27H28N2O2S.C4H10O/c1-15-8-10-18(11-9-15)24-17(3)25-26-20(12-19-6-5-7-22(19)28-26)14-29(32-4)27(25)16(2)21(24)13-23(30)31;1-4(2,3)5/h8-12H,5-7,13-14H2,1-4H3,(H,30,31);5H,1-3H3. The number of fused-ring (bicyclic) bond motifs is 4. The SMILES string of the molecule is CC(C)(C)O.CSN1Cc2cc3c(nc2-c2c(C)c(-c4ccc(C)cc4)c(CC(=O)O)c(C)c21)CCC3. The summed E-state index contributed by atoms with van der Waals surface area (Å²) < 4.78 is 2.31. The quantitative estimate of drug-likeness (QED) is 0.369. The largest absolute Gasteiger partial charge is 0.481 e. The molecule has 2 heterocycles. The van der Waals surface area contributed by atoms with Crippen molar-refractivity contribution in [3.63, 3.8) is 0 Å². The second-order valence-electron chi connectivity index (χ2n) is 11.1. The van der Waals surface area contributed by atoms with E-state index in [4.69, 9.17) is 10.1 Å². The number of carboxylic acids is 1. The van der Waals surface area contributed by atoms with Crippen LogP contribution in [0.1, 0.15) is 66.3 Å². The number of aliphatic carboxylic acids is 1. The Bertz CT molecular complexity index is 1330. The van der Waals surface area contributed by atoms with Gasteiger partial charge in [-0.15, -0.1) is 0 Å². The summed E-state index contributed by atoms with van der Waals surface area (Å²) in [6, 6.07) is 10.8. The summed E-state index contributed by atoms with van der Waals surface area (Å²) in [6.07, 6.45) is 5.44. The molecule has 0 amide bonds. The van der Waals surface area contributed by atoms with E-state index in [0.717, 1.165) is 64.1 Å². The fourth-order valence-electron chi connectivity index (χ4n) is 5.38. The summed E-state index contributed by atoms with van der Waals surface area (Å²) >= 11 is 1.70. The highest BCUT2D eigenvalue weighted by molar-refractivity contribution is 7.99. The fourth-order valence-corrected chi connectivity index (χ4v) is 6.06. The van der Waals surface area contributed by atoms with E-state index in [9.17, 15) is 9.90 Å². The number of nitrogens with zero attached hydrogens (tertiary/aromatic N) is 2. The maximum atomic E-state index is 11.9. The van der Waals surface area contributed by atoms with E-state index >= 15 is 0 Å². The van der Waals surface area contributed by atoms with Gasteiger partial charge in [0.15, 0.2) is 0 Å². The summed E-state index contributed by atoms with van der Waals surface area (Å²) in [5, 5.41) is 18.3. The summed E-state index contributed by atoms with van der Waals surface area (Å²) in [7, 11) is 0. The lowest BCUT2D eigenvalue weighted by Crippen LogP contribution is -2.23. The van der Waals surface area contributed by atoms with E-state index in [1.165, 1.54) is 28.8 Å². The number of pyridine rings is 1. The lowest BCUT2D eigenvalue weighted by molar-refractivity contribution is -0.136. The van der Waals surface area contributed by atoms with Crippen molar-refractivity contribution in [3.8, 4) is 22.4 Å². The van der Waals surface area contributed by atoms with Crippen LogP contribution in [0.2, 0.25) is 0 Å². The Balaban J connectivity index is 0.000000586. The summed E-state index contributed by atoms with van der Waals surface area (Å²) in [6.45, 7) is 12.3. The van der Waals surface area contributed by atoms with Gasteiger partial charge in [-0.25, -0.2) is 0 Å². The minimum atomic E-state index is -0.802. The number of anilines is 1. The van der Waals surface area contributed by atoms with Crippen molar-refractivity contribution < 1.29 is 15.0 Å². The zero-order valence-electron chi connectivity index (χ0n) is 23.0. The van der Waals surface area contributed by atoms with E-state index in [2.05, 4.69) is 61.7 Å². The van der Waals surface area contributed by atoms with Crippen LogP contribution in [0.4, 0.5) is 5.69 Å². The van der Waals surface area contributed by atoms with Gasteiger partial charge in [0, 0.05) is 17.5 Å². The number of hydrogen-bond acceptors (Lipinski definition) is 5. The van der Waals surface area contributed by atoms with Gasteiger partial charge in [0.1, 0.15) is 0 Å². The van der Waals surface area contributed by atoms with E-state index < -0.39 is 11.6 Å². The lowest BCUT2D eigenvalue weighted by Gasteiger charge is -2.35. The van der Waals surface area contributed by atoms with Crippen LogP contribution in [-0.2, 0) is 30.6 Å². The molecule has 3 aromatic rings. The van der Waals surface area contributed by atoms with Crippen LogP contribution < -0.4 is 4.31 Å². The van der Waals surface area contributed by atoms with Gasteiger partial charge in [-0.1, -0.05) is 41.8 Å². The first kappa shape index (κ1) is 27.2. The first-order valence-electron chi connectivity index (χ1n) is 12.9. The normalized spacial score (nSPS) is 13.9. The molecule has 0 fully saturated rings. The van der Waals surface area contributed by atoms with Crippen molar-refractivity contribution in [2.45, 2.75) is 79.4 Å². The van der Waals surface area contributed by atoms with Gasteiger partial charge in [0.25, 0.3) is 0 Å². The van der Waals surface area contributed by atoms with Crippen LogP contribution in [0.15, 0.2) is 30.3 Å². The maximum Gasteiger partial charge on any atom is 0.307 e. The molecular weight excluding hydrogens is 480 g/mol. The molecule has 2 aromatic carbocycles. The molecule has 5 rings (SSSR count). The molecule has 1 aliphatic heterocycles. The second-order valence-corrected chi connectivity index (χ2v) is 11.9. The van der Waals surface area contributed by atoms with Gasteiger partial charge in [0.2, 0.25) is 0 Å². The minimum absolute atomic E-state index is 0.00978. The molecule has 1 aliphatic carbocycles. The summed E-state index contributed by atoms with van der Waals surface area (Å²) in [5.74, 6) is -0.802. The molecule has 2 N–H and O–H groups in total. The van der Waals surface area contributed by atoms with E-state index in [0.29, 0.717) is 0 Å². The Morgan fingerprint density at radius 2 is 1.68 bits per heavy atom. The zero-order chi connectivity index (χ0) is 27.1. The number of carboxylic acid groups (broad SMARTS) is 1. The molecular formula is C31H38N2O3S. The topological polar surface area (TPSA) is 73.7 Å². The van der Waals surface area contributed by atoms with Gasteiger partial charge in [-0.05, 0) is 106 Å². The molecule has 1 aromatic heterocycles. The van der Waals surface area contributed by atoms with Crippen LogP contribution in [0.3, 0.4) is 0 Å². The maximum absolute atomic E-state index is 11.9. The molecule has 0 bridgehead atoms. The number of hydrogen-bond donors (Lipinski definition) is 2. The molecule has 0 radical (unpaired) electrons. The van der Waals surface area contributed by atoms with Gasteiger partial charge >= 0.3 is 5.97 Å². The van der Waals surface area contributed by atoms with Crippen molar-refractivity contribution in [3.05, 3.63) is 69.4 Å². The predicted molar refractivity (Wildman–Crippen MR) is 154 cm³/mol. The Morgan fingerprint density at radius 3 is 2.27 bits per heavy atom. The van der Waals surface area contributed by atoms with Crippen LogP contribution in [0, 0.1) is 20.8 Å². The molecule has 0 unspecified atom stereocenters. The molecule has 196 valence electrons. The lowest BCUT2D eigenvalue weighted by atomic mass is 9.82. The third-order valence-corrected chi connectivity index (χ3v) is 7.67. The van der Waals surface area contributed by atoms with Gasteiger partial charge in [-0.2, -0.15) is 0 Å². The van der Waals surface area contributed by atoms with Gasteiger partial charge in [-0.3, -0.25) is 9.78 Å². The van der Waals surface area contributed by atoms with Crippen LogP contribution in [-0.4, -0.2) is 33.0 Å². The Morgan fingerprint density at radius 1 is 1.03 bits per heavy atom. The van der Waals surface area contributed by atoms with Crippen molar-refractivity contribution in [2.24, 2.45) is 0 Å². The average molecular weight is 519 g/mol. The third-order valence-electron chi connectivity index (χ3n) is 6.91. The van der Waals surface area contributed by atoms with Crippen molar-refractivity contribution in [2.75, 3.05) is 10.6 Å². The first-order valence-corrected chi connectivity index (χ1v) is 14.1. The molecule has 0 saturated heterocycles. The van der Waals surface area contributed by atoms with E-state index in [1.807, 2.05) is 0 Å². The van der Waals surface area contributed by atoms with Crippen molar-refractivity contribution in [1.29, 1.82) is 0 Å². The van der Waals surface area contributed by atoms with Crippen LogP contribution >= 0.6 is 11.9 Å². The average Bonchev–Trinajstić information content (AvgIpc) is 3.27. The molecule has 5 nitrogen and oxygen atoms in total. The van der Waals surface area contributed by atoms with Crippen molar-refractivity contribution in [1.82, 2.24) is 4.98 Å². The highest BCUT2D eigenvalue weighted by atomic mass is 32.2. The third kappa shape index (κ3) is 5.70. The Hall–Kier alpha value is -2.83. The number of aryl methyl sites for hydroxylation is 3. The summed E-state index contributed by atoms with van der Waals surface area (Å²) in [5.41, 5.74) is 13.1. The number of aromatic nitrogens is 1. The highest BCUT2D eigenvalue weighted by Crippen LogP contribution is 2.50. The van der Waals surface area contributed by atoms with Crippen LogP contribution in [0.5, 0.6) is 0 Å². The Labute approximate surface area is 225 Å². The molecule has 0 spiro atoms. The molecule has 0 atom stereocenters. The molecule has 6 heteroatoms. The molecule has 2 aliphatic rings. The minimum Gasteiger partial charge on any atom is -0.481 e. The number of aliphatic hydroxyl groups is 1. The van der Waals surface area contributed by atoms with Gasteiger partial charge in [0.05, 0.1) is 29.9 Å². The van der Waals surface area contributed by atoms with E-state index in [1.54, 1.807) is 32.7 Å². The fraction of sp³-hybridized carbons (Fsp3) is 0.419. The number of rotatable bonds is 4. The molecule has 37 heavy (non-hydrogen) atoms. The molecule has 0 saturated carbocycles. The highest BCUT2D eigenvalue weighted by Gasteiger charge is 2.32. The zero-order valence-corrected chi connectivity index (χ0v) is 23.8. The number of benzene rings is 2. The Kier molecular flexibility index (Phi) is 7.72. The number of carbonyl (C=O) groups is 1. The predicted octanol–water partition coefficient (Wildman–Crippen LogP) is 6.83. The van der Waals surface area contributed by atoms with Crippen molar-refractivity contribution >= 4 is 23.6 Å².